The minimum Gasteiger partial charge on any atom is -0.356 e. The molecule has 27 heteroatoms. The number of hydrogen-bond acceptors (Lipinski definition) is 15. The average molecular weight is 1480 g/mol. The molecule has 0 radical (unpaired) electrons. The van der Waals surface area contributed by atoms with Gasteiger partial charge in [-0.3, -0.25) is 54.7 Å². The van der Waals surface area contributed by atoms with Crippen LogP contribution in [-0.2, 0) is 50.6 Å². The average Bonchev–Trinajstić information content (AvgIpc) is 1.59. The molecule has 11 heterocycles. The molecule has 3 atom stereocenters. The molecule has 0 spiro atoms. The van der Waals surface area contributed by atoms with Gasteiger partial charge in [0.2, 0.25) is 0 Å². The van der Waals surface area contributed by atoms with Crippen LogP contribution in [0.3, 0.4) is 0 Å². The second-order valence-electron chi connectivity index (χ2n) is 26.3. The first-order chi connectivity index (χ1) is 52.3. The maximum absolute atomic E-state index is 13.7. The first kappa shape index (κ1) is 68.9. The van der Waals surface area contributed by atoms with E-state index in [1.54, 1.807) is 102 Å². The highest BCUT2D eigenvalue weighted by Gasteiger charge is 2.53. The summed E-state index contributed by atoms with van der Waals surface area (Å²) in [6, 6.07) is 62.9. The molecule has 18 rings (SSSR count). The van der Waals surface area contributed by atoms with Crippen molar-refractivity contribution in [2.75, 3.05) is 19.6 Å². The largest absolute Gasteiger partial charge is 0.356 e. The van der Waals surface area contributed by atoms with Crippen molar-refractivity contribution in [2.24, 2.45) is 0 Å². The summed E-state index contributed by atoms with van der Waals surface area (Å²) < 4.78 is 46.6. The summed E-state index contributed by atoms with van der Waals surface area (Å²) in [5, 5.41) is 19.2. The molecule has 534 valence electrons. The maximum atomic E-state index is 13.7. The van der Waals surface area contributed by atoms with Crippen LogP contribution in [0.1, 0.15) is 64.5 Å². The van der Waals surface area contributed by atoms with Crippen molar-refractivity contribution >= 4 is 76.2 Å². The highest BCUT2D eigenvalue weighted by molar-refractivity contribution is 7.19. The second kappa shape index (κ2) is 27.8. The lowest BCUT2D eigenvalue weighted by atomic mass is 9.88. The predicted molar refractivity (Wildman–Crippen MR) is 392 cm³/mol. The summed E-state index contributed by atoms with van der Waals surface area (Å²) >= 11 is 3.21. The van der Waals surface area contributed by atoms with E-state index < -0.39 is 75.8 Å². The third kappa shape index (κ3) is 12.9. The van der Waals surface area contributed by atoms with E-state index >= 15 is 0 Å². The molecule has 3 fully saturated rings. The number of halogens is 3. The summed E-state index contributed by atoms with van der Waals surface area (Å²) in [6.45, 7) is 0.382. The fourth-order valence-corrected chi connectivity index (χ4v) is 16.1. The van der Waals surface area contributed by atoms with Crippen molar-refractivity contribution in [1.29, 1.82) is 0 Å². The number of fused-ring (bicyclic) bond motifs is 3. The van der Waals surface area contributed by atoms with Gasteiger partial charge in [-0.1, -0.05) is 139 Å². The molecule has 6 aliphatic heterocycles. The molecule has 0 saturated carbocycles. The smallest absolute Gasteiger partial charge is 0.322 e. The van der Waals surface area contributed by atoms with Crippen molar-refractivity contribution in [3.63, 3.8) is 0 Å². The summed E-state index contributed by atoms with van der Waals surface area (Å²) in [5.74, 6) is -3.77. The van der Waals surface area contributed by atoms with Crippen LogP contribution >= 0.6 is 22.7 Å². The molecule has 7 aromatic carbocycles. The standard InChI is InChI=1S/C27H19FN4O4.2C27H19FN4O3S/c28-20-11-8-18-14-32(24(33)21(18)12-20)15-27(25(34)29-26(35)30-27)19-9-6-17(7-10-19)23-13-22(31-36-23)16-4-2-1-3-5-16;2*28-19-9-6-17-14-32(24(33)20(17)13-19)15-27(25(34)30-26(35)31-27)18-7-4-16(5-8-18)22-10-11-23(36-22)21-3-1-2-12-29-21/h1-13H,14-15H2,(H2,29,30,34,35);2*1-13H,14-15H2,(H2,30,31,34,35)/t3*27-/m010/s1. The van der Waals surface area contributed by atoms with E-state index in [-0.39, 0.29) is 67.8 Å². The Bertz CT molecular complexity index is 5110. The molecule has 0 bridgehead atoms. The van der Waals surface area contributed by atoms with E-state index in [2.05, 4.69) is 47.0 Å². The number of urea groups is 3. The molecule has 12 aromatic rings. The molecule has 6 N–H and O–H groups in total. The van der Waals surface area contributed by atoms with Crippen LogP contribution in [-0.4, -0.2) is 103 Å². The summed E-state index contributed by atoms with van der Waals surface area (Å²) in [6.07, 6.45) is 3.51. The Morgan fingerprint density at radius 2 is 0.713 bits per heavy atom. The van der Waals surface area contributed by atoms with Gasteiger partial charge in [0.15, 0.2) is 22.4 Å². The van der Waals surface area contributed by atoms with Gasteiger partial charge in [-0.25, -0.2) is 27.6 Å². The van der Waals surface area contributed by atoms with Crippen LogP contribution in [0, 0.1) is 17.5 Å². The number of nitrogens with zero attached hydrogens (tertiary/aromatic N) is 6. The van der Waals surface area contributed by atoms with Gasteiger partial charge in [0.05, 0.1) is 40.8 Å². The number of carbonyl (C=O) groups excluding carboxylic acids is 9. The maximum Gasteiger partial charge on any atom is 0.322 e. The molecular formula is C81H57F3N12O10S2. The highest BCUT2D eigenvalue weighted by Crippen LogP contribution is 2.41. The lowest BCUT2D eigenvalue weighted by Gasteiger charge is -2.31. The first-order valence-electron chi connectivity index (χ1n) is 33.8. The van der Waals surface area contributed by atoms with Crippen LogP contribution in [0.25, 0.3) is 64.6 Å². The number of aromatic nitrogens is 3. The monoisotopic (exact) mass is 1480 g/mol. The third-order valence-corrected chi connectivity index (χ3v) is 21.9. The number of hydrogen-bond donors (Lipinski definition) is 6. The minimum absolute atomic E-state index is 0.0815. The second-order valence-corrected chi connectivity index (χ2v) is 28.4. The van der Waals surface area contributed by atoms with Crippen molar-refractivity contribution in [3.8, 4) is 64.6 Å². The van der Waals surface area contributed by atoms with Gasteiger partial charge in [0.1, 0.15) is 23.1 Å². The minimum atomic E-state index is -1.50. The number of amides is 12. The van der Waals surface area contributed by atoms with Crippen LogP contribution in [0.5, 0.6) is 0 Å². The van der Waals surface area contributed by atoms with E-state index in [9.17, 15) is 56.3 Å². The zero-order valence-corrected chi connectivity index (χ0v) is 58.1. The Hall–Kier alpha value is -13.5. The first-order valence-corrected chi connectivity index (χ1v) is 35.4. The normalized spacial score (nSPS) is 18.8. The molecule has 3 saturated heterocycles. The number of carbonyl (C=O) groups is 9. The SMILES string of the molecule is O=C1NC(=O)[C@@](CN2Cc3ccc(F)cc3C2=O)(c2ccc(-c3ccc(-c4ccccn4)s3)cc2)N1.O=C1NC(=O)[C@](CN2Cc3ccc(F)cc3C2=O)(c2ccc(-c3cc(-c4ccccc4)no3)cc2)N1.O=C1NC(=O)[C@](CN2Cc3ccc(F)cc3C2=O)(c2ccc(-c3ccc(-c4ccccn4)s3)cc2)N1. The number of pyridine rings is 2. The van der Waals surface area contributed by atoms with Crippen LogP contribution in [0.4, 0.5) is 27.6 Å². The van der Waals surface area contributed by atoms with E-state index in [0.29, 0.717) is 44.8 Å². The third-order valence-electron chi connectivity index (χ3n) is 19.6. The van der Waals surface area contributed by atoms with Gasteiger partial charge in [-0.05, 0) is 129 Å². The Morgan fingerprint density at radius 3 is 1.06 bits per heavy atom. The summed E-state index contributed by atoms with van der Waals surface area (Å²) in [5.41, 5.74) is 6.02. The molecular weight excluding hydrogens is 1420 g/mol. The molecule has 6 aliphatic rings. The Morgan fingerprint density at radius 1 is 0.361 bits per heavy atom. The van der Waals surface area contributed by atoms with E-state index in [0.717, 1.165) is 53.2 Å². The number of nitrogens with one attached hydrogen (secondary N) is 6. The van der Waals surface area contributed by atoms with E-state index in [1.165, 1.54) is 51.1 Å². The quantitative estimate of drug-likeness (QED) is 0.0521. The van der Waals surface area contributed by atoms with Gasteiger partial charge in [0.25, 0.3) is 35.4 Å². The van der Waals surface area contributed by atoms with Crippen molar-refractivity contribution in [2.45, 2.75) is 36.3 Å². The number of benzene rings is 7. The molecule has 0 unspecified atom stereocenters. The Kier molecular flexibility index (Phi) is 17.7. The number of thiophene rings is 2. The summed E-state index contributed by atoms with van der Waals surface area (Å²) in [7, 11) is 0. The van der Waals surface area contributed by atoms with Crippen LogP contribution < -0.4 is 31.9 Å². The fourth-order valence-electron chi connectivity index (χ4n) is 14.1. The molecule has 0 aliphatic carbocycles. The van der Waals surface area contributed by atoms with Gasteiger partial charge in [-0.15, -0.1) is 22.7 Å². The Balaban J connectivity index is 0.000000124. The molecule has 12 amide bonds. The van der Waals surface area contributed by atoms with E-state index in [4.69, 9.17) is 4.52 Å². The fraction of sp³-hybridized carbons (Fsp3) is 0.111. The Labute approximate surface area is 620 Å². The van der Waals surface area contributed by atoms with Gasteiger partial charge >= 0.3 is 18.1 Å². The van der Waals surface area contributed by atoms with Crippen LogP contribution in [0.15, 0.2) is 241 Å². The zero-order valence-electron chi connectivity index (χ0n) is 56.5. The predicted octanol–water partition coefficient (Wildman–Crippen LogP) is 12.5. The van der Waals surface area contributed by atoms with Crippen molar-refractivity contribution in [3.05, 3.63) is 304 Å². The topological polar surface area (TPSA) is 287 Å². The van der Waals surface area contributed by atoms with E-state index in [1.807, 2.05) is 121 Å². The number of imide groups is 3. The zero-order chi connectivity index (χ0) is 74.6. The number of rotatable bonds is 15. The lowest BCUT2D eigenvalue weighted by Crippen LogP contribution is -2.52. The molecule has 108 heavy (non-hydrogen) atoms. The molecule has 5 aromatic heterocycles. The van der Waals surface area contributed by atoms with Crippen molar-refractivity contribution < 1.29 is 60.8 Å². The highest BCUT2D eigenvalue weighted by atomic mass is 32.1. The van der Waals surface area contributed by atoms with Gasteiger partial charge in [0, 0.05) is 75.7 Å². The summed E-state index contributed by atoms with van der Waals surface area (Å²) in [4.78, 5) is 132. The van der Waals surface area contributed by atoms with Crippen LogP contribution in [0.2, 0.25) is 0 Å². The van der Waals surface area contributed by atoms with Gasteiger partial charge < -0.3 is 35.2 Å². The van der Waals surface area contributed by atoms with Gasteiger partial charge in [-0.2, -0.15) is 0 Å². The lowest BCUT2D eigenvalue weighted by molar-refractivity contribution is -0.125. The molecule has 22 nitrogen and oxygen atoms in total. The van der Waals surface area contributed by atoms with Crippen molar-refractivity contribution in [1.82, 2.24) is 61.7 Å².